The molecule has 2 aliphatic rings. The number of rotatable bonds is 1. The molecule has 4 rings (SSSR count). The van der Waals surface area contributed by atoms with Crippen molar-refractivity contribution in [2.75, 3.05) is 0 Å². The van der Waals surface area contributed by atoms with Gasteiger partial charge < -0.3 is 4.98 Å². The van der Waals surface area contributed by atoms with E-state index in [1.54, 1.807) is 0 Å². The Hall–Kier alpha value is -2.54. The highest BCUT2D eigenvalue weighted by atomic mass is 14.7. The third kappa shape index (κ3) is 1.56. The molecule has 0 saturated carbocycles. The molecule has 1 N–H and O–H groups in total. The van der Waals surface area contributed by atoms with E-state index in [4.69, 9.17) is 0 Å². The van der Waals surface area contributed by atoms with Crippen molar-refractivity contribution in [2.45, 2.75) is 6.92 Å². The third-order valence-corrected chi connectivity index (χ3v) is 4.03. The first-order chi connectivity index (χ1) is 9.84. The van der Waals surface area contributed by atoms with Gasteiger partial charge in [-0.25, -0.2) is 0 Å². The standard InChI is InChI=1S/C19H15N/c1-13-15-9-5-6-10-16(15)17-11-12-18(20-19(13)17)14-7-3-2-4-8-14/h2-12,20H,1H3. The highest BCUT2D eigenvalue weighted by Crippen LogP contribution is 2.38. The van der Waals surface area contributed by atoms with E-state index >= 15 is 0 Å². The van der Waals surface area contributed by atoms with Crippen LogP contribution in [0, 0.1) is 6.92 Å². The number of aromatic nitrogens is 1. The smallest absolute Gasteiger partial charge is 0.0500 e. The van der Waals surface area contributed by atoms with E-state index in [1.807, 2.05) is 6.07 Å². The highest BCUT2D eigenvalue weighted by molar-refractivity contribution is 6.04. The van der Waals surface area contributed by atoms with Gasteiger partial charge in [-0.05, 0) is 34.9 Å². The molecule has 0 spiro atoms. The van der Waals surface area contributed by atoms with Crippen molar-refractivity contribution < 1.29 is 0 Å². The lowest BCUT2D eigenvalue weighted by atomic mass is 10.1. The van der Waals surface area contributed by atoms with Gasteiger partial charge in [-0.1, -0.05) is 60.7 Å². The first-order valence-electron chi connectivity index (χ1n) is 6.90. The Kier molecular flexibility index (Phi) is 2.40. The molecule has 1 aliphatic carbocycles. The lowest BCUT2D eigenvalue weighted by molar-refractivity contribution is 1.31. The molecule has 0 fully saturated rings. The van der Waals surface area contributed by atoms with Crippen LogP contribution in [0.2, 0.25) is 0 Å². The number of H-pyrrole nitrogens is 1. The zero-order valence-electron chi connectivity index (χ0n) is 11.4. The Balaban J connectivity index is 2.03. The summed E-state index contributed by atoms with van der Waals surface area (Å²) in [7, 11) is 0. The largest absolute Gasteiger partial charge is 0.354 e. The average Bonchev–Trinajstić information content (AvgIpc) is 2.81. The van der Waals surface area contributed by atoms with Crippen molar-refractivity contribution in [3.63, 3.8) is 0 Å². The number of benzene rings is 2. The second-order valence-electron chi connectivity index (χ2n) is 5.20. The highest BCUT2D eigenvalue weighted by Gasteiger charge is 2.15. The Morgan fingerprint density at radius 2 is 1.40 bits per heavy atom. The maximum Gasteiger partial charge on any atom is 0.0500 e. The molecule has 1 heteroatoms. The fourth-order valence-corrected chi connectivity index (χ4v) is 2.98. The van der Waals surface area contributed by atoms with Gasteiger partial charge in [-0.2, -0.15) is 0 Å². The molecule has 96 valence electrons. The number of aromatic amines is 1. The summed E-state index contributed by atoms with van der Waals surface area (Å²) in [5.41, 5.74) is 6.26. The summed E-state index contributed by atoms with van der Waals surface area (Å²) in [6.45, 7) is 2.19. The van der Waals surface area contributed by atoms with Crippen molar-refractivity contribution >= 4 is 10.8 Å². The van der Waals surface area contributed by atoms with Gasteiger partial charge in [0.15, 0.2) is 0 Å². The van der Waals surface area contributed by atoms with Gasteiger partial charge in [0.2, 0.25) is 0 Å². The lowest BCUT2D eigenvalue weighted by Crippen LogP contribution is -1.88. The fourth-order valence-electron chi connectivity index (χ4n) is 2.98. The van der Waals surface area contributed by atoms with Crippen LogP contribution in [0.3, 0.4) is 0 Å². The topological polar surface area (TPSA) is 15.8 Å². The summed E-state index contributed by atoms with van der Waals surface area (Å²) in [6, 6.07) is 23.5. The first kappa shape index (κ1) is 11.3. The van der Waals surface area contributed by atoms with Crippen LogP contribution in [-0.4, -0.2) is 4.98 Å². The molecule has 0 aromatic heterocycles. The van der Waals surface area contributed by atoms with Crippen molar-refractivity contribution in [1.82, 2.24) is 4.98 Å². The number of nitrogens with one attached hydrogen (secondary N) is 1. The monoisotopic (exact) mass is 257 g/mol. The summed E-state index contributed by atoms with van der Waals surface area (Å²) >= 11 is 0. The van der Waals surface area contributed by atoms with Crippen molar-refractivity contribution in [1.29, 1.82) is 0 Å². The molecule has 0 radical (unpaired) electrons. The van der Waals surface area contributed by atoms with Crippen LogP contribution in [0.5, 0.6) is 0 Å². The van der Waals surface area contributed by atoms with Gasteiger partial charge in [0.05, 0.1) is 0 Å². The van der Waals surface area contributed by atoms with Crippen LogP contribution in [0.4, 0.5) is 0 Å². The average molecular weight is 257 g/mol. The Bertz CT molecular complexity index is 856. The number of hydrogen-bond acceptors (Lipinski definition) is 0. The molecular formula is C19H15N. The van der Waals surface area contributed by atoms with E-state index < -0.39 is 0 Å². The van der Waals surface area contributed by atoms with Gasteiger partial charge >= 0.3 is 0 Å². The molecule has 2 aromatic carbocycles. The van der Waals surface area contributed by atoms with Crippen LogP contribution in [0.1, 0.15) is 5.56 Å². The molecule has 1 aliphatic heterocycles. The van der Waals surface area contributed by atoms with E-state index in [9.17, 15) is 0 Å². The normalized spacial score (nSPS) is 11.2. The second kappa shape index (κ2) is 4.24. The van der Waals surface area contributed by atoms with E-state index in [0.717, 1.165) is 5.69 Å². The Labute approximate surface area is 118 Å². The molecule has 0 bridgehead atoms. The van der Waals surface area contributed by atoms with E-state index in [1.165, 1.54) is 33.2 Å². The SMILES string of the molecule is Cc1c2[nH]c(-c3ccccc3)ccc-2c2ccccc12. The quantitative estimate of drug-likeness (QED) is 0.479. The van der Waals surface area contributed by atoms with E-state index in [2.05, 4.69) is 72.6 Å². The fraction of sp³-hybridized carbons (Fsp3) is 0.0526. The molecule has 0 amide bonds. The summed E-state index contributed by atoms with van der Waals surface area (Å²) in [5, 5.41) is 2.67. The van der Waals surface area contributed by atoms with Gasteiger partial charge in [-0.3, -0.25) is 0 Å². The third-order valence-electron chi connectivity index (χ3n) is 4.03. The molecule has 1 heterocycles. The van der Waals surface area contributed by atoms with E-state index in [0.29, 0.717) is 0 Å². The zero-order chi connectivity index (χ0) is 13.5. The maximum absolute atomic E-state index is 3.60. The van der Waals surface area contributed by atoms with Crippen molar-refractivity contribution in [2.24, 2.45) is 0 Å². The van der Waals surface area contributed by atoms with Gasteiger partial charge in [0.25, 0.3) is 0 Å². The summed E-state index contributed by atoms with van der Waals surface area (Å²) in [4.78, 5) is 3.60. The van der Waals surface area contributed by atoms with Crippen LogP contribution in [0.15, 0.2) is 66.7 Å². The summed E-state index contributed by atoms with van der Waals surface area (Å²) in [5.74, 6) is 0. The maximum atomic E-state index is 3.60. The van der Waals surface area contributed by atoms with Crippen LogP contribution < -0.4 is 0 Å². The number of aryl methyl sites for hydroxylation is 1. The van der Waals surface area contributed by atoms with Gasteiger partial charge in [-0.15, -0.1) is 0 Å². The molecule has 2 aromatic rings. The molecular weight excluding hydrogens is 242 g/mol. The van der Waals surface area contributed by atoms with E-state index in [-0.39, 0.29) is 0 Å². The summed E-state index contributed by atoms with van der Waals surface area (Å²) < 4.78 is 0. The van der Waals surface area contributed by atoms with Crippen molar-refractivity contribution in [3.05, 3.63) is 72.3 Å². The van der Waals surface area contributed by atoms with Crippen LogP contribution in [-0.2, 0) is 0 Å². The zero-order valence-corrected chi connectivity index (χ0v) is 11.4. The number of pyridine rings is 1. The molecule has 0 saturated heterocycles. The predicted molar refractivity (Wildman–Crippen MR) is 85.1 cm³/mol. The number of fused-ring (bicyclic) bond motifs is 3. The van der Waals surface area contributed by atoms with Gasteiger partial charge in [0.1, 0.15) is 0 Å². The van der Waals surface area contributed by atoms with Crippen molar-refractivity contribution in [3.8, 4) is 22.5 Å². The second-order valence-corrected chi connectivity index (χ2v) is 5.20. The first-order valence-corrected chi connectivity index (χ1v) is 6.90. The molecule has 20 heavy (non-hydrogen) atoms. The van der Waals surface area contributed by atoms with Gasteiger partial charge in [0, 0.05) is 17.0 Å². The van der Waals surface area contributed by atoms with Crippen LogP contribution >= 0.6 is 0 Å². The Morgan fingerprint density at radius 3 is 2.20 bits per heavy atom. The molecule has 0 atom stereocenters. The summed E-state index contributed by atoms with van der Waals surface area (Å²) in [6.07, 6.45) is 0. The molecule has 0 unspecified atom stereocenters. The minimum atomic E-state index is 1.16. The molecule has 1 nitrogen and oxygen atoms in total. The Morgan fingerprint density at radius 1 is 0.700 bits per heavy atom. The minimum absolute atomic E-state index is 1.16. The predicted octanol–water partition coefficient (Wildman–Crippen LogP) is 5.25. The lowest BCUT2D eigenvalue weighted by Gasteiger charge is -2.07. The minimum Gasteiger partial charge on any atom is -0.354 e. The number of hydrogen-bond donors (Lipinski definition) is 1. The van der Waals surface area contributed by atoms with Crippen LogP contribution in [0.25, 0.3) is 33.3 Å².